The van der Waals surface area contributed by atoms with E-state index in [1.165, 1.54) is 11.3 Å². The summed E-state index contributed by atoms with van der Waals surface area (Å²) < 4.78 is 18.3. The van der Waals surface area contributed by atoms with Gasteiger partial charge in [-0.15, -0.1) is 21.5 Å². The van der Waals surface area contributed by atoms with Crippen LogP contribution in [0.25, 0.3) is 0 Å². The van der Waals surface area contributed by atoms with Gasteiger partial charge in [-0.05, 0) is 23.6 Å². The van der Waals surface area contributed by atoms with Crippen LogP contribution in [0, 0.1) is 0 Å². The molecule has 5 rings (SSSR count). The van der Waals surface area contributed by atoms with Crippen LogP contribution in [0.1, 0.15) is 15.5 Å². The van der Waals surface area contributed by atoms with Crippen molar-refractivity contribution in [3.05, 3.63) is 46.4 Å². The van der Waals surface area contributed by atoms with Crippen molar-refractivity contribution < 1.29 is 19.0 Å². The van der Waals surface area contributed by atoms with Crippen LogP contribution >= 0.6 is 23.1 Å². The number of ether oxygens (including phenoxy) is 3. The molecule has 2 aliphatic rings. The summed E-state index contributed by atoms with van der Waals surface area (Å²) in [5, 5.41) is 12.7. The molecule has 8 nitrogen and oxygen atoms in total. The lowest BCUT2D eigenvalue weighted by Crippen LogP contribution is -2.45. The molecule has 1 amide bonds. The minimum absolute atomic E-state index is 0.0596. The molecule has 0 unspecified atom stereocenters. The third-order valence-electron chi connectivity index (χ3n) is 4.13. The SMILES string of the molecule is O=C(c1cccs1)N1CCSc2nnc(COc3ccc4c(c3)OCO4)n21. The molecule has 27 heavy (non-hydrogen) atoms. The van der Waals surface area contributed by atoms with Crippen molar-refractivity contribution in [2.45, 2.75) is 11.8 Å². The van der Waals surface area contributed by atoms with Crippen molar-refractivity contribution in [3.8, 4) is 17.2 Å². The number of fused-ring (bicyclic) bond motifs is 2. The Kier molecular flexibility index (Phi) is 4.13. The van der Waals surface area contributed by atoms with Gasteiger partial charge in [0.15, 0.2) is 17.3 Å². The lowest BCUT2D eigenvalue weighted by Gasteiger charge is -2.28. The lowest BCUT2D eigenvalue weighted by atomic mass is 10.3. The first-order valence-electron chi connectivity index (χ1n) is 8.25. The van der Waals surface area contributed by atoms with Crippen LogP contribution in [-0.4, -0.2) is 39.9 Å². The fraction of sp³-hybridized carbons (Fsp3) is 0.235. The fourth-order valence-corrected chi connectivity index (χ4v) is 4.41. The number of hydrogen-bond acceptors (Lipinski definition) is 8. The van der Waals surface area contributed by atoms with Gasteiger partial charge >= 0.3 is 0 Å². The van der Waals surface area contributed by atoms with E-state index in [4.69, 9.17) is 14.2 Å². The van der Waals surface area contributed by atoms with Crippen molar-refractivity contribution in [2.24, 2.45) is 0 Å². The zero-order valence-corrected chi connectivity index (χ0v) is 15.7. The molecule has 0 N–H and O–H groups in total. The Labute approximate surface area is 162 Å². The van der Waals surface area contributed by atoms with Gasteiger partial charge < -0.3 is 14.2 Å². The summed E-state index contributed by atoms with van der Waals surface area (Å²) in [7, 11) is 0. The molecule has 0 atom stereocenters. The molecule has 4 heterocycles. The molecule has 2 aliphatic heterocycles. The van der Waals surface area contributed by atoms with Gasteiger partial charge in [-0.3, -0.25) is 4.79 Å². The molecule has 0 aliphatic carbocycles. The zero-order valence-electron chi connectivity index (χ0n) is 14.0. The summed E-state index contributed by atoms with van der Waals surface area (Å²) in [6.07, 6.45) is 0. The van der Waals surface area contributed by atoms with Crippen molar-refractivity contribution in [1.29, 1.82) is 0 Å². The third kappa shape index (κ3) is 3.00. The maximum Gasteiger partial charge on any atom is 0.282 e. The second kappa shape index (κ2) is 6.78. The predicted octanol–water partition coefficient (Wildman–Crippen LogP) is 2.53. The van der Waals surface area contributed by atoms with E-state index in [1.54, 1.807) is 33.6 Å². The molecule has 0 bridgehead atoms. The van der Waals surface area contributed by atoms with Crippen molar-refractivity contribution >= 4 is 29.0 Å². The van der Waals surface area contributed by atoms with Gasteiger partial charge in [0.1, 0.15) is 12.4 Å². The number of nitrogens with zero attached hydrogens (tertiary/aromatic N) is 4. The highest BCUT2D eigenvalue weighted by Gasteiger charge is 2.29. The topological polar surface area (TPSA) is 78.7 Å². The molecular formula is C17H14N4O4S2. The van der Waals surface area contributed by atoms with E-state index in [2.05, 4.69) is 10.2 Å². The van der Waals surface area contributed by atoms with Crippen LogP contribution in [0.3, 0.4) is 0 Å². The Bertz CT molecular complexity index is 989. The van der Waals surface area contributed by atoms with E-state index in [1.807, 2.05) is 23.6 Å². The average Bonchev–Trinajstić information content (AvgIpc) is 3.45. The number of carbonyl (C=O) groups excluding carboxylic acids is 1. The minimum Gasteiger partial charge on any atom is -0.485 e. The summed E-state index contributed by atoms with van der Waals surface area (Å²) in [5.74, 6) is 3.27. The molecule has 0 saturated heterocycles. The Morgan fingerprint density at radius 3 is 3.04 bits per heavy atom. The maximum absolute atomic E-state index is 12.9. The number of aromatic nitrogens is 3. The number of rotatable bonds is 4. The van der Waals surface area contributed by atoms with Crippen LogP contribution in [0.15, 0.2) is 40.9 Å². The van der Waals surface area contributed by atoms with Crippen molar-refractivity contribution in [3.63, 3.8) is 0 Å². The molecule has 1 aromatic carbocycles. The summed E-state index contributed by atoms with van der Waals surface area (Å²) in [6, 6.07) is 9.08. The normalized spacial score (nSPS) is 14.9. The third-order valence-corrected chi connectivity index (χ3v) is 5.89. The summed E-state index contributed by atoms with van der Waals surface area (Å²) in [4.78, 5) is 13.5. The molecule has 3 aromatic rings. The van der Waals surface area contributed by atoms with Gasteiger partial charge in [0, 0.05) is 11.8 Å². The predicted molar refractivity (Wildman–Crippen MR) is 99.4 cm³/mol. The minimum atomic E-state index is -0.0596. The average molecular weight is 402 g/mol. The van der Waals surface area contributed by atoms with Gasteiger partial charge in [-0.1, -0.05) is 17.8 Å². The second-order valence-corrected chi connectivity index (χ2v) is 7.78. The summed E-state index contributed by atoms with van der Waals surface area (Å²) in [5.41, 5.74) is 0. The maximum atomic E-state index is 12.9. The molecule has 0 fully saturated rings. The van der Waals surface area contributed by atoms with E-state index in [9.17, 15) is 4.79 Å². The van der Waals surface area contributed by atoms with Gasteiger partial charge in [-0.2, -0.15) is 0 Å². The molecular weight excluding hydrogens is 388 g/mol. The first-order chi connectivity index (χ1) is 13.3. The largest absolute Gasteiger partial charge is 0.485 e. The fourth-order valence-electron chi connectivity index (χ4n) is 2.88. The monoisotopic (exact) mass is 402 g/mol. The van der Waals surface area contributed by atoms with E-state index in [0.29, 0.717) is 39.7 Å². The Morgan fingerprint density at radius 2 is 2.15 bits per heavy atom. The Hall–Kier alpha value is -2.72. The Balaban J connectivity index is 1.38. The van der Waals surface area contributed by atoms with Crippen LogP contribution in [-0.2, 0) is 6.61 Å². The standard InChI is InChI=1S/C17H14N4O4S2/c22-16(14-2-1-6-26-14)20-5-7-27-17-19-18-15(21(17)20)9-23-11-3-4-12-13(8-11)25-10-24-12/h1-4,6,8H,5,7,9-10H2. The van der Waals surface area contributed by atoms with E-state index < -0.39 is 0 Å². The van der Waals surface area contributed by atoms with Gasteiger partial charge in [-0.25, -0.2) is 9.69 Å². The van der Waals surface area contributed by atoms with E-state index in [0.717, 1.165) is 5.75 Å². The number of benzene rings is 1. The molecule has 138 valence electrons. The van der Waals surface area contributed by atoms with Gasteiger partial charge in [0.05, 0.1) is 11.4 Å². The highest BCUT2D eigenvalue weighted by atomic mass is 32.2. The number of amides is 1. The zero-order chi connectivity index (χ0) is 18.2. The first kappa shape index (κ1) is 16.5. The van der Waals surface area contributed by atoms with Crippen LogP contribution in [0.2, 0.25) is 0 Å². The summed E-state index contributed by atoms with van der Waals surface area (Å²) >= 11 is 2.99. The summed E-state index contributed by atoms with van der Waals surface area (Å²) in [6.45, 7) is 0.984. The number of hydrogen-bond donors (Lipinski definition) is 0. The number of thiophene rings is 1. The molecule has 0 saturated carbocycles. The quantitative estimate of drug-likeness (QED) is 0.663. The molecule has 0 radical (unpaired) electrons. The Morgan fingerprint density at radius 1 is 1.22 bits per heavy atom. The van der Waals surface area contributed by atoms with Crippen LogP contribution < -0.4 is 19.2 Å². The first-order valence-corrected chi connectivity index (χ1v) is 10.1. The van der Waals surface area contributed by atoms with Gasteiger partial charge in [0.2, 0.25) is 11.9 Å². The molecule has 10 heteroatoms. The van der Waals surface area contributed by atoms with Gasteiger partial charge in [0.25, 0.3) is 5.91 Å². The van der Waals surface area contributed by atoms with E-state index >= 15 is 0 Å². The second-order valence-electron chi connectivity index (χ2n) is 5.77. The highest BCUT2D eigenvalue weighted by Crippen LogP contribution is 2.35. The number of carbonyl (C=O) groups is 1. The van der Waals surface area contributed by atoms with Crippen molar-refractivity contribution in [1.82, 2.24) is 14.9 Å². The van der Waals surface area contributed by atoms with Crippen LogP contribution in [0.5, 0.6) is 17.2 Å². The molecule has 0 spiro atoms. The number of thioether (sulfide) groups is 1. The van der Waals surface area contributed by atoms with Crippen LogP contribution in [0.4, 0.5) is 0 Å². The lowest BCUT2D eigenvalue weighted by molar-refractivity contribution is 0.0957. The van der Waals surface area contributed by atoms with E-state index in [-0.39, 0.29) is 19.3 Å². The van der Waals surface area contributed by atoms with Crippen molar-refractivity contribution in [2.75, 3.05) is 24.1 Å². The smallest absolute Gasteiger partial charge is 0.282 e. The molecule has 2 aromatic heterocycles. The highest BCUT2D eigenvalue weighted by molar-refractivity contribution is 7.99.